The van der Waals surface area contributed by atoms with E-state index in [2.05, 4.69) is 4.90 Å². The number of benzene rings is 1. The van der Waals surface area contributed by atoms with Crippen molar-refractivity contribution in [3.8, 4) is 0 Å². The van der Waals surface area contributed by atoms with Crippen LogP contribution in [0.5, 0.6) is 0 Å². The molecule has 0 bridgehead atoms. The lowest BCUT2D eigenvalue weighted by Gasteiger charge is -2.11. The van der Waals surface area contributed by atoms with Gasteiger partial charge in [0.1, 0.15) is 0 Å². The summed E-state index contributed by atoms with van der Waals surface area (Å²) in [5.74, 6) is 0. The maximum atomic E-state index is 5.97. The van der Waals surface area contributed by atoms with Crippen molar-refractivity contribution < 1.29 is 0 Å². The van der Waals surface area contributed by atoms with Crippen molar-refractivity contribution in [1.82, 2.24) is 4.90 Å². The maximum absolute atomic E-state index is 5.97. The SMILES string of the molecule is CN(C)Cc1ccc(N)cc1Cl.Cl.Cl. The highest BCUT2D eigenvalue weighted by atomic mass is 35.5. The molecule has 0 aliphatic carbocycles. The Morgan fingerprint density at radius 2 is 1.86 bits per heavy atom. The van der Waals surface area contributed by atoms with Crippen LogP contribution in [0.2, 0.25) is 5.02 Å². The largest absolute Gasteiger partial charge is 0.399 e. The first-order valence-corrected chi connectivity index (χ1v) is 4.16. The Morgan fingerprint density at radius 3 is 2.29 bits per heavy atom. The minimum Gasteiger partial charge on any atom is -0.399 e. The molecular formula is C9H15Cl3N2. The van der Waals surface area contributed by atoms with Gasteiger partial charge in [-0.1, -0.05) is 17.7 Å². The summed E-state index contributed by atoms with van der Waals surface area (Å²) >= 11 is 5.97. The van der Waals surface area contributed by atoms with E-state index < -0.39 is 0 Å². The van der Waals surface area contributed by atoms with Gasteiger partial charge in [0.05, 0.1) is 0 Å². The van der Waals surface area contributed by atoms with Crippen molar-refractivity contribution in [2.75, 3.05) is 19.8 Å². The van der Waals surface area contributed by atoms with E-state index in [1.54, 1.807) is 6.07 Å². The van der Waals surface area contributed by atoms with Gasteiger partial charge in [-0.15, -0.1) is 24.8 Å². The highest BCUT2D eigenvalue weighted by Crippen LogP contribution is 2.19. The summed E-state index contributed by atoms with van der Waals surface area (Å²) in [6.45, 7) is 0.846. The molecule has 2 N–H and O–H groups in total. The number of nitrogens with zero attached hydrogens (tertiary/aromatic N) is 1. The third-order valence-corrected chi connectivity index (χ3v) is 1.92. The molecular weight excluding hydrogens is 242 g/mol. The summed E-state index contributed by atoms with van der Waals surface area (Å²) in [6, 6.07) is 5.60. The molecule has 5 heteroatoms. The van der Waals surface area contributed by atoms with Crippen molar-refractivity contribution in [3.63, 3.8) is 0 Å². The third kappa shape index (κ3) is 4.91. The van der Waals surface area contributed by atoms with Gasteiger partial charge in [-0.3, -0.25) is 0 Å². The van der Waals surface area contributed by atoms with Gasteiger partial charge in [0.25, 0.3) is 0 Å². The second-order valence-electron chi connectivity index (χ2n) is 3.09. The number of nitrogen functional groups attached to an aromatic ring is 1. The van der Waals surface area contributed by atoms with Gasteiger partial charge in [-0.05, 0) is 31.8 Å². The smallest absolute Gasteiger partial charge is 0.0471 e. The van der Waals surface area contributed by atoms with E-state index in [1.165, 1.54) is 0 Å². The molecule has 0 saturated heterocycles. The van der Waals surface area contributed by atoms with Crippen molar-refractivity contribution >= 4 is 42.1 Å². The second-order valence-corrected chi connectivity index (χ2v) is 3.50. The van der Waals surface area contributed by atoms with Crippen LogP contribution in [-0.2, 0) is 6.54 Å². The Morgan fingerprint density at radius 1 is 1.29 bits per heavy atom. The molecule has 0 heterocycles. The first-order chi connectivity index (χ1) is 5.59. The summed E-state index contributed by atoms with van der Waals surface area (Å²) in [5.41, 5.74) is 7.38. The van der Waals surface area contributed by atoms with Crippen molar-refractivity contribution in [3.05, 3.63) is 28.8 Å². The Hall–Kier alpha value is -0.150. The molecule has 82 valence electrons. The maximum Gasteiger partial charge on any atom is 0.0471 e. The number of hydrogen-bond acceptors (Lipinski definition) is 2. The topological polar surface area (TPSA) is 29.3 Å². The van der Waals surface area contributed by atoms with Crippen LogP contribution in [-0.4, -0.2) is 19.0 Å². The summed E-state index contributed by atoms with van der Waals surface area (Å²) < 4.78 is 0. The summed E-state index contributed by atoms with van der Waals surface area (Å²) in [4.78, 5) is 2.07. The molecule has 1 aromatic carbocycles. The molecule has 0 radical (unpaired) electrons. The van der Waals surface area contributed by atoms with Crippen LogP contribution in [0.15, 0.2) is 18.2 Å². The Balaban J connectivity index is 0. The summed E-state index contributed by atoms with van der Waals surface area (Å²) in [7, 11) is 4.01. The molecule has 14 heavy (non-hydrogen) atoms. The van der Waals surface area contributed by atoms with Crippen LogP contribution in [0.4, 0.5) is 5.69 Å². The fourth-order valence-corrected chi connectivity index (χ4v) is 1.28. The Bertz CT molecular complexity index is 277. The minimum absolute atomic E-state index is 0. The number of hydrogen-bond donors (Lipinski definition) is 1. The van der Waals surface area contributed by atoms with E-state index in [0.717, 1.165) is 17.1 Å². The van der Waals surface area contributed by atoms with E-state index in [-0.39, 0.29) is 24.8 Å². The lowest BCUT2D eigenvalue weighted by atomic mass is 10.2. The molecule has 1 aromatic rings. The van der Waals surface area contributed by atoms with E-state index >= 15 is 0 Å². The third-order valence-electron chi connectivity index (χ3n) is 1.56. The predicted molar refractivity (Wildman–Crippen MR) is 67.8 cm³/mol. The average Bonchev–Trinajstić information content (AvgIpc) is 1.94. The minimum atomic E-state index is 0. The fourth-order valence-electron chi connectivity index (χ4n) is 1.03. The van der Waals surface area contributed by atoms with Gasteiger partial charge in [0.15, 0.2) is 0 Å². The molecule has 2 nitrogen and oxygen atoms in total. The molecule has 0 aliphatic heterocycles. The van der Waals surface area contributed by atoms with Crippen LogP contribution in [0, 0.1) is 0 Å². The Labute approximate surface area is 102 Å². The standard InChI is InChI=1S/C9H13ClN2.2ClH/c1-12(2)6-7-3-4-8(11)5-9(7)10;;/h3-5H,6,11H2,1-2H3;2*1H. The quantitative estimate of drug-likeness (QED) is 0.826. The monoisotopic (exact) mass is 256 g/mol. The molecule has 1 rings (SSSR count). The predicted octanol–water partition coefficient (Wildman–Crippen LogP) is 2.83. The van der Waals surface area contributed by atoms with Crippen molar-refractivity contribution in [2.45, 2.75) is 6.54 Å². The molecule has 0 aliphatic rings. The molecule has 0 atom stereocenters. The van der Waals surface area contributed by atoms with Gasteiger partial charge >= 0.3 is 0 Å². The molecule has 0 fully saturated rings. The number of anilines is 1. The van der Waals surface area contributed by atoms with Crippen molar-refractivity contribution in [1.29, 1.82) is 0 Å². The second kappa shape index (κ2) is 7.18. The van der Waals surface area contributed by atoms with Crippen LogP contribution in [0.1, 0.15) is 5.56 Å². The van der Waals surface area contributed by atoms with E-state index in [9.17, 15) is 0 Å². The molecule has 0 aromatic heterocycles. The van der Waals surface area contributed by atoms with Gasteiger partial charge in [0.2, 0.25) is 0 Å². The first kappa shape index (κ1) is 16.3. The summed E-state index contributed by atoms with van der Waals surface area (Å²) in [5, 5.41) is 0.740. The normalized spacial score (nSPS) is 9.14. The van der Waals surface area contributed by atoms with Gasteiger partial charge in [-0.25, -0.2) is 0 Å². The van der Waals surface area contributed by atoms with E-state index in [1.807, 2.05) is 26.2 Å². The zero-order chi connectivity index (χ0) is 9.14. The highest BCUT2D eigenvalue weighted by Gasteiger charge is 2.00. The zero-order valence-electron chi connectivity index (χ0n) is 8.16. The van der Waals surface area contributed by atoms with Crippen LogP contribution < -0.4 is 5.73 Å². The van der Waals surface area contributed by atoms with Crippen LogP contribution in [0.25, 0.3) is 0 Å². The number of halogens is 3. The molecule has 0 unspecified atom stereocenters. The van der Waals surface area contributed by atoms with Crippen LogP contribution in [0.3, 0.4) is 0 Å². The zero-order valence-corrected chi connectivity index (χ0v) is 10.5. The summed E-state index contributed by atoms with van der Waals surface area (Å²) in [6.07, 6.45) is 0. The van der Waals surface area contributed by atoms with E-state index in [0.29, 0.717) is 5.69 Å². The van der Waals surface area contributed by atoms with Gasteiger partial charge in [-0.2, -0.15) is 0 Å². The molecule has 0 amide bonds. The lowest BCUT2D eigenvalue weighted by molar-refractivity contribution is 0.402. The van der Waals surface area contributed by atoms with Crippen LogP contribution >= 0.6 is 36.4 Å². The van der Waals surface area contributed by atoms with Gasteiger partial charge < -0.3 is 10.6 Å². The Kier molecular flexibility index (Phi) is 8.36. The number of nitrogens with two attached hydrogens (primary N) is 1. The van der Waals surface area contributed by atoms with Gasteiger partial charge in [0, 0.05) is 17.3 Å². The van der Waals surface area contributed by atoms with Crippen molar-refractivity contribution in [2.24, 2.45) is 0 Å². The average molecular weight is 258 g/mol. The molecule has 0 saturated carbocycles. The lowest BCUT2D eigenvalue weighted by Crippen LogP contribution is -2.10. The van der Waals surface area contributed by atoms with E-state index in [4.69, 9.17) is 17.3 Å². The highest BCUT2D eigenvalue weighted by molar-refractivity contribution is 6.31. The molecule has 0 spiro atoms. The number of rotatable bonds is 2. The first-order valence-electron chi connectivity index (χ1n) is 3.78. The fraction of sp³-hybridized carbons (Fsp3) is 0.333.